The Labute approximate surface area is 300 Å². The van der Waals surface area contributed by atoms with Gasteiger partial charge in [-0.25, -0.2) is 10.8 Å². The fraction of sp³-hybridized carbons (Fsp3) is 0.538. The molecule has 0 bridgehead atoms. The van der Waals surface area contributed by atoms with Gasteiger partial charge in [-0.1, -0.05) is 64.4 Å². The lowest BCUT2D eigenvalue weighted by Crippen LogP contribution is -2.47. The van der Waals surface area contributed by atoms with Gasteiger partial charge in [0.1, 0.15) is 5.82 Å². The smallest absolute Gasteiger partial charge is 0.225 e. The summed E-state index contributed by atoms with van der Waals surface area (Å²) in [6, 6.07) is 17.4. The quantitative estimate of drug-likeness (QED) is 0.0406. The Morgan fingerprint density at radius 1 is 0.960 bits per heavy atom. The van der Waals surface area contributed by atoms with Gasteiger partial charge in [0.25, 0.3) is 0 Å². The van der Waals surface area contributed by atoms with Crippen LogP contribution in [0.2, 0.25) is 0 Å². The zero-order valence-corrected chi connectivity index (χ0v) is 31.1. The first kappa shape index (κ1) is 38.9. The molecule has 11 nitrogen and oxygen atoms in total. The molecular formula is C39H63N11. The molecule has 2 aromatic heterocycles. The second-order valence-corrected chi connectivity index (χ2v) is 12.9. The lowest BCUT2D eigenvalue weighted by atomic mass is 10.1. The normalized spacial score (nSPS) is 14.5. The number of anilines is 2. The zero-order valence-electron chi connectivity index (χ0n) is 31.1. The number of nitrogens with two attached hydrogens (primary N) is 2. The second-order valence-electron chi connectivity index (χ2n) is 12.9. The lowest BCUT2D eigenvalue weighted by molar-refractivity contribution is 0.261. The van der Waals surface area contributed by atoms with Gasteiger partial charge in [0, 0.05) is 79.7 Å². The largest absolute Gasteiger partial charge is 0.399 e. The highest BCUT2D eigenvalue weighted by Gasteiger charge is 2.21. The highest BCUT2D eigenvalue weighted by molar-refractivity contribution is 5.90. The van der Waals surface area contributed by atoms with Crippen molar-refractivity contribution in [3.8, 4) is 0 Å². The van der Waals surface area contributed by atoms with Crippen LogP contribution in [-0.4, -0.2) is 96.4 Å². The van der Waals surface area contributed by atoms with Gasteiger partial charge < -0.3 is 36.6 Å². The van der Waals surface area contributed by atoms with Gasteiger partial charge >= 0.3 is 0 Å². The van der Waals surface area contributed by atoms with Crippen molar-refractivity contribution in [2.24, 2.45) is 11.6 Å². The molecule has 0 radical (unpaired) electrons. The molecule has 274 valence electrons. The molecule has 1 unspecified atom stereocenters. The Kier molecular flexibility index (Phi) is 16.6. The Balaban J connectivity index is 0.00000276. The molecule has 1 fully saturated rings. The molecule has 0 aliphatic carbocycles. The number of aromatic nitrogens is 3. The van der Waals surface area contributed by atoms with Crippen LogP contribution >= 0.6 is 0 Å². The molecule has 50 heavy (non-hydrogen) atoms. The van der Waals surface area contributed by atoms with E-state index in [1.807, 2.05) is 26.0 Å². The van der Waals surface area contributed by atoms with E-state index in [4.69, 9.17) is 21.5 Å². The minimum atomic E-state index is 0.412. The van der Waals surface area contributed by atoms with Gasteiger partial charge in [-0.05, 0) is 75.5 Å². The average Bonchev–Trinajstić information content (AvgIpc) is 3.57. The van der Waals surface area contributed by atoms with Crippen molar-refractivity contribution in [1.82, 2.24) is 35.5 Å². The monoisotopic (exact) mass is 686 g/mol. The maximum absolute atomic E-state index is 6.35. The number of H-pyrrole nitrogens is 1. The van der Waals surface area contributed by atoms with Gasteiger partial charge in [0.15, 0.2) is 0 Å². The molecule has 1 saturated heterocycles. The first-order valence-electron chi connectivity index (χ1n) is 19.0. The van der Waals surface area contributed by atoms with Crippen molar-refractivity contribution in [2.75, 3.05) is 75.7 Å². The summed E-state index contributed by atoms with van der Waals surface area (Å²) in [5.41, 5.74) is 10.5. The third kappa shape index (κ3) is 11.9. The Bertz CT molecular complexity index is 1560. The number of para-hydroxylation sites is 2. The number of nitrogens with zero attached hydrogens (tertiary/aromatic N) is 5. The molecule has 0 amide bonds. The number of nitrogens with one attached hydrogen (secondary N) is 4. The van der Waals surface area contributed by atoms with Gasteiger partial charge in [0.05, 0.1) is 12.1 Å². The standard InChI is InChI=1S/C37H57N11.C2H6/c1-3-11-31(4-2)41-19-9-17-40-18-10-20-48(39)28-30(38)27-43-37-44-35-15-8-6-13-33(35)36(45-37)47-24-22-46(23-25-47)21-16-29-26-42-34-14-7-5-12-32(29)34;1-2/h5-8,12-15,26,28,31,40-42H,3-4,9-11,16-25,27,38-39H2,1-2H3,(H,43,44,45);1-2H3/b30-28-;. The first-order chi connectivity index (χ1) is 24.5. The molecule has 3 heterocycles. The van der Waals surface area contributed by atoms with Crippen molar-refractivity contribution in [3.63, 3.8) is 0 Å². The number of piperazine rings is 1. The van der Waals surface area contributed by atoms with Gasteiger partial charge in [-0.3, -0.25) is 4.90 Å². The number of hydrazine groups is 1. The highest BCUT2D eigenvalue weighted by Crippen LogP contribution is 2.26. The fourth-order valence-electron chi connectivity index (χ4n) is 6.51. The molecule has 2 aromatic carbocycles. The zero-order chi connectivity index (χ0) is 35.6. The summed E-state index contributed by atoms with van der Waals surface area (Å²) >= 11 is 0. The summed E-state index contributed by atoms with van der Waals surface area (Å²) in [4.78, 5) is 18.1. The topological polar surface area (TPSA) is 139 Å². The summed E-state index contributed by atoms with van der Waals surface area (Å²) in [6.07, 6.45) is 10.8. The number of hydrogen-bond acceptors (Lipinski definition) is 10. The van der Waals surface area contributed by atoms with E-state index in [0.717, 1.165) is 94.9 Å². The van der Waals surface area contributed by atoms with E-state index in [9.17, 15) is 0 Å². The number of aromatic amines is 1. The Hall–Kier alpha value is -3.90. The summed E-state index contributed by atoms with van der Waals surface area (Å²) < 4.78 is 0. The fourth-order valence-corrected chi connectivity index (χ4v) is 6.51. The molecule has 4 aromatic rings. The highest BCUT2D eigenvalue weighted by atomic mass is 15.4. The Morgan fingerprint density at radius 2 is 1.70 bits per heavy atom. The molecule has 5 rings (SSSR count). The summed E-state index contributed by atoms with van der Waals surface area (Å²) in [5.74, 6) is 7.77. The average molecular weight is 686 g/mol. The van der Waals surface area contributed by atoms with Crippen LogP contribution in [0.15, 0.2) is 66.6 Å². The van der Waals surface area contributed by atoms with Crippen LogP contribution in [0, 0.1) is 0 Å². The molecular weight excluding hydrogens is 623 g/mol. The van der Waals surface area contributed by atoms with Gasteiger partial charge in [-0.2, -0.15) is 4.98 Å². The van der Waals surface area contributed by atoms with E-state index < -0.39 is 0 Å². The summed E-state index contributed by atoms with van der Waals surface area (Å²) in [6.45, 7) is 17.5. The second kappa shape index (κ2) is 21.3. The first-order valence-corrected chi connectivity index (χ1v) is 19.0. The molecule has 1 aliphatic heterocycles. The van der Waals surface area contributed by atoms with Gasteiger partial charge in [-0.15, -0.1) is 0 Å². The van der Waals surface area contributed by atoms with E-state index in [-0.39, 0.29) is 0 Å². The molecule has 1 aliphatic rings. The molecule has 8 N–H and O–H groups in total. The minimum Gasteiger partial charge on any atom is -0.399 e. The van der Waals surface area contributed by atoms with Crippen LogP contribution in [0.3, 0.4) is 0 Å². The minimum absolute atomic E-state index is 0.412. The number of hydrogen-bond donors (Lipinski definition) is 6. The van der Waals surface area contributed by atoms with Crippen molar-refractivity contribution in [1.29, 1.82) is 0 Å². The third-order valence-electron chi connectivity index (χ3n) is 9.27. The van der Waals surface area contributed by atoms with Crippen LogP contribution in [0.4, 0.5) is 11.8 Å². The van der Waals surface area contributed by atoms with Crippen molar-refractivity contribution >= 4 is 33.6 Å². The number of benzene rings is 2. The SMILES string of the molecule is CC.CCCC(CC)NCCCNCCCN(N)/C=C(\N)CNc1nc(N2CCN(CCc3c[nH]c4ccccc34)CC2)c2ccccc2n1. The lowest BCUT2D eigenvalue weighted by Gasteiger charge is -2.36. The van der Waals surface area contributed by atoms with Crippen LogP contribution in [0.25, 0.3) is 21.8 Å². The molecule has 11 heteroatoms. The van der Waals surface area contributed by atoms with E-state index in [1.54, 1.807) is 11.2 Å². The van der Waals surface area contributed by atoms with Crippen molar-refractivity contribution in [3.05, 3.63) is 72.2 Å². The van der Waals surface area contributed by atoms with Crippen molar-refractivity contribution in [2.45, 2.75) is 72.3 Å². The predicted molar refractivity (Wildman–Crippen MR) is 212 cm³/mol. The molecule has 1 atom stereocenters. The van der Waals surface area contributed by atoms with E-state index in [0.29, 0.717) is 24.2 Å². The van der Waals surface area contributed by atoms with Gasteiger partial charge in [0.2, 0.25) is 5.95 Å². The number of fused-ring (bicyclic) bond motifs is 2. The van der Waals surface area contributed by atoms with Crippen LogP contribution in [0.1, 0.15) is 65.4 Å². The van der Waals surface area contributed by atoms with E-state index in [1.165, 1.54) is 35.7 Å². The predicted octanol–water partition coefficient (Wildman–Crippen LogP) is 5.43. The molecule has 0 saturated carbocycles. The maximum atomic E-state index is 6.35. The van der Waals surface area contributed by atoms with Crippen LogP contribution < -0.4 is 32.4 Å². The maximum Gasteiger partial charge on any atom is 0.225 e. The Morgan fingerprint density at radius 3 is 2.48 bits per heavy atom. The molecule has 0 spiro atoms. The summed E-state index contributed by atoms with van der Waals surface area (Å²) in [5, 5.41) is 14.6. The van der Waals surface area contributed by atoms with Crippen molar-refractivity contribution < 1.29 is 0 Å². The number of rotatable bonds is 20. The summed E-state index contributed by atoms with van der Waals surface area (Å²) in [7, 11) is 0. The third-order valence-corrected chi connectivity index (χ3v) is 9.27. The van der Waals surface area contributed by atoms with Crippen LogP contribution in [-0.2, 0) is 6.42 Å². The van der Waals surface area contributed by atoms with Crippen LogP contribution in [0.5, 0.6) is 0 Å². The van der Waals surface area contributed by atoms with E-state index in [2.05, 4.69) is 87.2 Å². The van der Waals surface area contributed by atoms with E-state index >= 15 is 0 Å².